The number of rotatable bonds is 4. The molecule has 1 unspecified atom stereocenters. The quantitative estimate of drug-likeness (QED) is 0.743. The molecule has 0 aliphatic heterocycles. The fourth-order valence-corrected chi connectivity index (χ4v) is 2.25. The molecule has 0 spiro atoms. The predicted octanol–water partition coefficient (Wildman–Crippen LogP) is 0.675. The van der Waals surface area contributed by atoms with Crippen molar-refractivity contribution in [2.24, 2.45) is 0 Å². The van der Waals surface area contributed by atoms with Crippen LogP contribution in [0.2, 0.25) is 0 Å². The monoisotopic (exact) mass is 230 g/mol. The number of hydrogen-bond acceptors (Lipinski definition) is 3. The lowest BCUT2D eigenvalue weighted by molar-refractivity contribution is -0.134. The van der Waals surface area contributed by atoms with E-state index in [1.807, 2.05) is 0 Å². The van der Waals surface area contributed by atoms with Crippen LogP contribution in [-0.2, 0) is 9.36 Å². The Morgan fingerprint density at radius 2 is 1.93 bits per heavy atom. The second-order valence-corrected chi connectivity index (χ2v) is 5.19. The largest absolute Gasteiger partial charge is 0.497 e. The van der Waals surface area contributed by atoms with Gasteiger partial charge >= 0.3 is 5.97 Å². The maximum absolute atomic E-state index is 11.6. The second kappa shape index (κ2) is 4.47. The van der Waals surface area contributed by atoms with Crippen LogP contribution in [0.4, 0.5) is 0 Å². The molecule has 1 aromatic carbocycles. The Hall–Kier alpha value is -1.32. The molecule has 0 amide bonds. The number of aliphatic carboxylic acids is 1. The molecule has 0 bridgehead atoms. The zero-order valence-corrected chi connectivity index (χ0v) is 8.98. The van der Waals surface area contributed by atoms with Gasteiger partial charge in [0.2, 0.25) is 7.37 Å². The van der Waals surface area contributed by atoms with E-state index in [9.17, 15) is 14.3 Å². The Labute approximate surface area is 86.8 Å². The molecule has 2 N–H and O–H groups in total. The lowest BCUT2D eigenvalue weighted by Crippen LogP contribution is -2.12. The highest BCUT2D eigenvalue weighted by Crippen LogP contribution is 2.38. The zero-order valence-electron chi connectivity index (χ0n) is 8.08. The summed E-state index contributed by atoms with van der Waals surface area (Å²) in [5.74, 6) is -0.745. The van der Waals surface area contributed by atoms with E-state index in [2.05, 4.69) is 0 Å². The van der Waals surface area contributed by atoms with Gasteiger partial charge in [0, 0.05) is 5.30 Å². The zero-order chi connectivity index (χ0) is 11.5. The molecule has 5 nitrogen and oxygen atoms in total. The van der Waals surface area contributed by atoms with E-state index in [-0.39, 0.29) is 5.30 Å². The molecular weight excluding hydrogens is 219 g/mol. The van der Waals surface area contributed by atoms with Gasteiger partial charge in [0.1, 0.15) is 11.9 Å². The Balaban J connectivity index is 2.95. The molecule has 1 aromatic rings. The highest BCUT2D eigenvalue weighted by Gasteiger charge is 2.24. The topological polar surface area (TPSA) is 83.8 Å². The first kappa shape index (κ1) is 11.8. The fraction of sp³-hybridized carbons (Fsp3) is 0.222. The molecule has 0 saturated carbocycles. The van der Waals surface area contributed by atoms with Crippen molar-refractivity contribution in [3.63, 3.8) is 0 Å². The van der Waals surface area contributed by atoms with Crippen molar-refractivity contribution in [1.82, 2.24) is 0 Å². The fourth-order valence-electron chi connectivity index (χ4n) is 1.09. The first-order chi connectivity index (χ1) is 6.95. The van der Waals surface area contributed by atoms with E-state index in [1.165, 1.54) is 31.4 Å². The standard InChI is InChI=1S/C9H11O5P/c1-14-7-2-4-8(5-3-7)15(12,13)6-9(10)11/h2-5H,6H2,1H3,(H,10,11)(H,12,13). The molecule has 0 aromatic heterocycles. The van der Waals surface area contributed by atoms with Gasteiger partial charge in [-0.25, -0.2) is 0 Å². The van der Waals surface area contributed by atoms with E-state index in [0.29, 0.717) is 5.75 Å². The minimum atomic E-state index is -3.79. The van der Waals surface area contributed by atoms with Gasteiger partial charge in [0.25, 0.3) is 0 Å². The predicted molar refractivity (Wildman–Crippen MR) is 55.0 cm³/mol. The van der Waals surface area contributed by atoms with Gasteiger partial charge in [-0.2, -0.15) is 0 Å². The number of ether oxygens (including phenoxy) is 1. The summed E-state index contributed by atoms with van der Waals surface area (Å²) in [6, 6.07) is 5.81. The van der Waals surface area contributed by atoms with Crippen molar-refractivity contribution in [2.75, 3.05) is 13.3 Å². The van der Waals surface area contributed by atoms with Crippen LogP contribution in [-0.4, -0.2) is 29.2 Å². The molecule has 0 fully saturated rings. The number of carboxylic acids is 1. The molecule has 0 aliphatic carbocycles. The van der Waals surface area contributed by atoms with Crippen molar-refractivity contribution in [3.8, 4) is 5.75 Å². The van der Waals surface area contributed by atoms with Gasteiger partial charge < -0.3 is 14.7 Å². The van der Waals surface area contributed by atoms with E-state index >= 15 is 0 Å². The SMILES string of the molecule is COc1ccc(P(=O)(O)CC(=O)O)cc1. The van der Waals surface area contributed by atoms with Gasteiger partial charge in [-0.15, -0.1) is 0 Å². The average Bonchev–Trinajstić information content (AvgIpc) is 2.16. The van der Waals surface area contributed by atoms with E-state index in [0.717, 1.165) is 0 Å². The summed E-state index contributed by atoms with van der Waals surface area (Å²) in [6.07, 6.45) is -0.765. The van der Waals surface area contributed by atoms with Crippen LogP contribution in [0.1, 0.15) is 0 Å². The average molecular weight is 230 g/mol. The van der Waals surface area contributed by atoms with Crippen LogP contribution in [0.15, 0.2) is 24.3 Å². The van der Waals surface area contributed by atoms with Gasteiger partial charge in [-0.05, 0) is 24.3 Å². The Kier molecular flexibility index (Phi) is 3.50. The molecule has 15 heavy (non-hydrogen) atoms. The number of methoxy groups -OCH3 is 1. The van der Waals surface area contributed by atoms with Crippen molar-refractivity contribution in [3.05, 3.63) is 24.3 Å². The Morgan fingerprint density at radius 3 is 2.33 bits per heavy atom. The molecule has 0 heterocycles. The van der Waals surface area contributed by atoms with Crippen molar-refractivity contribution < 1.29 is 24.1 Å². The minimum absolute atomic E-state index is 0.116. The smallest absolute Gasteiger partial charge is 0.313 e. The summed E-state index contributed by atoms with van der Waals surface area (Å²) in [7, 11) is -2.31. The Morgan fingerprint density at radius 1 is 1.40 bits per heavy atom. The van der Waals surface area contributed by atoms with Crippen LogP contribution < -0.4 is 10.0 Å². The summed E-state index contributed by atoms with van der Waals surface area (Å²) >= 11 is 0. The van der Waals surface area contributed by atoms with Gasteiger partial charge in [0.15, 0.2) is 0 Å². The third kappa shape index (κ3) is 3.08. The summed E-state index contributed by atoms with van der Waals surface area (Å²) in [5, 5.41) is 8.57. The first-order valence-corrected chi connectivity index (χ1v) is 5.98. The molecular formula is C9H11O5P. The van der Waals surface area contributed by atoms with Crippen LogP contribution in [0.25, 0.3) is 0 Å². The maximum Gasteiger partial charge on any atom is 0.313 e. The van der Waals surface area contributed by atoms with E-state index < -0.39 is 19.5 Å². The normalized spacial score (nSPS) is 14.3. The minimum Gasteiger partial charge on any atom is -0.497 e. The van der Waals surface area contributed by atoms with Crippen molar-refractivity contribution in [1.29, 1.82) is 0 Å². The highest BCUT2D eigenvalue weighted by atomic mass is 31.2. The second-order valence-electron chi connectivity index (χ2n) is 2.95. The van der Waals surface area contributed by atoms with E-state index in [4.69, 9.17) is 9.84 Å². The molecule has 1 rings (SSSR count). The summed E-state index contributed by atoms with van der Waals surface area (Å²) in [5.41, 5.74) is 0. The van der Waals surface area contributed by atoms with Crippen LogP contribution >= 0.6 is 7.37 Å². The third-order valence-corrected chi connectivity index (χ3v) is 3.63. The first-order valence-electron chi connectivity index (χ1n) is 4.14. The maximum atomic E-state index is 11.6. The number of carbonyl (C=O) groups is 1. The molecule has 0 radical (unpaired) electrons. The van der Waals surface area contributed by atoms with E-state index in [1.54, 1.807) is 0 Å². The number of carboxylic acid groups (broad SMARTS) is 1. The number of hydrogen-bond donors (Lipinski definition) is 2. The summed E-state index contributed by atoms with van der Waals surface area (Å²) in [4.78, 5) is 19.8. The third-order valence-electron chi connectivity index (χ3n) is 1.83. The van der Waals surface area contributed by atoms with Gasteiger partial charge in [0.05, 0.1) is 7.11 Å². The molecule has 6 heteroatoms. The lowest BCUT2D eigenvalue weighted by atomic mass is 10.3. The molecule has 82 valence electrons. The van der Waals surface area contributed by atoms with Gasteiger partial charge in [-0.3, -0.25) is 9.36 Å². The highest BCUT2D eigenvalue weighted by molar-refractivity contribution is 7.66. The van der Waals surface area contributed by atoms with Crippen molar-refractivity contribution in [2.45, 2.75) is 0 Å². The molecule has 0 saturated heterocycles. The summed E-state index contributed by atoms with van der Waals surface area (Å²) in [6.45, 7) is 0. The Bertz CT molecular complexity index is 397. The number of benzene rings is 1. The molecule has 1 atom stereocenters. The lowest BCUT2D eigenvalue weighted by Gasteiger charge is -2.09. The van der Waals surface area contributed by atoms with Gasteiger partial charge in [-0.1, -0.05) is 0 Å². The van der Waals surface area contributed by atoms with Crippen LogP contribution in [0.3, 0.4) is 0 Å². The summed E-state index contributed by atoms with van der Waals surface area (Å²) < 4.78 is 16.4. The molecule has 0 aliphatic rings. The van der Waals surface area contributed by atoms with Crippen LogP contribution in [0, 0.1) is 0 Å². The van der Waals surface area contributed by atoms with Crippen molar-refractivity contribution >= 4 is 18.6 Å². The van der Waals surface area contributed by atoms with Crippen LogP contribution in [0.5, 0.6) is 5.75 Å².